The van der Waals surface area contributed by atoms with E-state index in [-0.39, 0.29) is 17.1 Å². The number of rotatable bonds is 2. The first-order valence-electron chi connectivity index (χ1n) is 9.06. The van der Waals surface area contributed by atoms with E-state index < -0.39 is 0 Å². The van der Waals surface area contributed by atoms with E-state index >= 15 is 0 Å². The van der Waals surface area contributed by atoms with Crippen LogP contribution in [0.4, 0.5) is 0 Å². The smallest absolute Gasteiger partial charge is 0.262 e. The molecule has 0 spiro atoms. The number of hydrogen-bond acceptors (Lipinski definition) is 4. The summed E-state index contributed by atoms with van der Waals surface area (Å²) in [4.78, 5) is 33.1. The van der Waals surface area contributed by atoms with Gasteiger partial charge in [0.05, 0.1) is 0 Å². The summed E-state index contributed by atoms with van der Waals surface area (Å²) in [5, 5.41) is 0.551. The maximum absolute atomic E-state index is 12.5. The van der Waals surface area contributed by atoms with Crippen LogP contribution in [0.1, 0.15) is 57.8 Å². The Hall–Kier alpha value is -1.04. The highest BCUT2D eigenvalue weighted by Gasteiger charge is 2.34. The van der Waals surface area contributed by atoms with Gasteiger partial charge >= 0.3 is 0 Å². The topological polar surface area (TPSA) is 53.0 Å². The van der Waals surface area contributed by atoms with Crippen molar-refractivity contribution in [3.8, 4) is 0 Å². The number of carbonyl (C=O) groups excluding carboxylic acids is 2. The van der Waals surface area contributed by atoms with Gasteiger partial charge in [-0.25, -0.2) is 0 Å². The minimum atomic E-state index is -0.302. The van der Waals surface area contributed by atoms with Crippen molar-refractivity contribution in [1.29, 1.82) is 0 Å². The molecule has 2 amide bonds. The summed E-state index contributed by atoms with van der Waals surface area (Å²) in [6.07, 6.45) is 9.78. The van der Waals surface area contributed by atoms with E-state index in [0.717, 1.165) is 44.2 Å². The third-order valence-corrected chi connectivity index (χ3v) is 6.14. The lowest BCUT2D eigenvalue weighted by Gasteiger charge is -2.23. The minimum absolute atomic E-state index is 0.114. The molecule has 3 aliphatic heterocycles. The number of carbonyl (C=O) groups is 2. The number of nitrogens with zero attached hydrogens (tertiary/aromatic N) is 3. The summed E-state index contributed by atoms with van der Waals surface area (Å²) >= 11 is 1.51. The molecule has 5 nitrogen and oxygen atoms in total. The van der Waals surface area contributed by atoms with Gasteiger partial charge in [-0.1, -0.05) is 37.4 Å². The van der Waals surface area contributed by atoms with E-state index in [4.69, 9.17) is 0 Å². The number of hydrogen-bond donors (Lipinski definition) is 0. The van der Waals surface area contributed by atoms with Crippen LogP contribution < -0.4 is 0 Å². The summed E-state index contributed by atoms with van der Waals surface area (Å²) in [6.45, 7) is 3.69. The standard InChI is InChI=1S/C17H27N3O2S/c21-15(19-9-5-1-2-6-10-19)13-14-16(22)18-17(23-14)20-11-7-3-4-8-12-20/h14H,1-13H2. The van der Waals surface area contributed by atoms with Crippen LogP contribution in [0.2, 0.25) is 0 Å². The molecule has 0 radical (unpaired) electrons. The predicted octanol–water partition coefficient (Wildman–Crippen LogP) is 2.65. The van der Waals surface area contributed by atoms with Crippen molar-refractivity contribution >= 4 is 28.7 Å². The molecule has 0 aromatic rings. The van der Waals surface area contributed by atoms with Crippen molar-refractivity contribution in [1.82, 2.24) is 9.80 Å². The van der Waals surface area contributed by atoms with Gasteiger partial charge in [-0.3, -0.25) is 9.59 Å². The fraction of sp³-hybridized carbons (Fsp3) is 0.824. The maximum atomic E-state index is 12.5. The van der Waals surface area contributed by atoms with Crippen molar-refractivity contribution in [2.24, 2.45) is 4.99 Å². The van der Waals surface area contributed by atoms with Crippen LogP contribution in [0.25, 0.3) is 0 Å². The number of aliphatic imine (C=N–C) groups is 1. The Kier molecular flexibility index (Phi) is 5.97. The maximum Gasteiger partial charge on any atom is 0.262 e. The van der Waals surface area contributed by atoms with Gasteiger partial charge < -0.3 is 9.80 Å². The van der Waals surface area contributed by atoms with Gasteiger partial charge in [-0.05, 0) is 25.7 Å². The second-order valence-corrected chi connectivity index (χ2v) is 7.91. The molecule has 1 atom stereocenters. The lowest BCUT2D eigenvalue weighted by Crippen LogP contribution is -2.34. The molecule has 6 heteroatoms. The van der Waals surface area contributed by atoms with Crippen molar-refractivity contribution < 1.29 is 9.59 Å². The Balaban J connectivity index is 1.53. The quantitative estimate of drug-likeness (QED) is 0.777. The van der Waals surface area contributed by atoms with Crippen LogP contribution >= 0.6 is 11.8 Å². The summed E-state index contributed by atoms with van der Waals surface area (Å²) in [5.74, 6) is 0.0162. The lowest BCUT2D eigenvalue weighted by molar-refractivity contribution is -0.132. The Labute approximate surface area is 142 Å². The minimum Gasteiger partial charge on any atom is -0.351 e. The summed E-state index contributed by atoms with van der Waals surface area (Å²) in [6, 6.07) is 0. The molecule has 0 aromatic carbocycles. The van der Waals surface area contributed by atoms with Gasteiger partial charge in [-0.15, -0.1) is 0 Å². The van der Waals surface area contributed by atoms with E-state index in [9.17, 15) is 9.59 Å². The SMILES string of the molecule is O=C1N=C(N2CCCCCC2)SC1CC(=O)N1CCCCCC1. The van der Waals surface area contributed by atoms with Crippen molar-refractivity contribution in [2.75, 3.05) is 26.2 Å². The molecule has 3 heterocycles. The zero-order chi connectivity index (χ0) is 16.1. The first-order chi connectivity index (χ1) is 11.2. The van der Waals surface area contributed by atoms with Crippen LogP contribution in [-0.2, 0) is 9.59 Å². The first-order valence-corrected chi connectivity index (χ1v) is 9.94. The lowest BCUT2D eigenvalue weighted by atomic mass is 10.2. The first kappa shape index (κ1) is 16.8. The monoisotopic (exact) mass is 337 g/mol. The second kappa shape index (κ2) is 8.18. The number of likely N-dealkylation sites (tertiary alicyclic amines) is 2. The molecular weight excluding hydrogens is 310 g/mol. The molecule has 0 saturated carbocycles. The van der Waals surface area contributed by atoms with Gasteiger partial charge in [0.15, 0.2) is 5.17 Å². The van der Waals surface area contributed by atoms with Crippen LogP contribution in [0.5, 0.6) is 0 Å². The van der Waals surface area contributed by atoms with E-state index in [1.165, 1.54) is 50.3 Å². The molecule has 0 bridgehead atoms. The number of thioether (sulfide) groups is 1. The third kappa shape index (κ3) is 4.49. The van der Waals surface area contributed by atoms with Gasteiger partial charge in [-0.2, -0.15) is 4.99 Å². The van der Waals surface area contributed by atoms with E-state index in [2.05, 4.69) is 9.89 Å². The second-order valence-electron chi connectivity index (χ2n) is 6.74. The summed E-state index contributed by atoms with van der Waals surface area (Å²) in [7, 11) is 0. The van der Waals surface area contributed by atoms with Gasteiger partial charge in [0.1, 0.15) is 5.25 Å². The van der Waals surface area contributed by atoms with Crippen molar-refractivity contribution in [2.45, 2.75) is 63.0 Å². The van der Waals surface area contributed by atoms with Crippen LogP contribution in [0.15, 0.2) is 4.99 Å². The highest BCUT2D eigenvalue weighted by atomic mass is 32.2. The molecule has 128 valence electrons. The zero-order valence-corrected chi connectivity index (χ0v) is 14.7. The molecular formula is C17H27N3O2S. The van der Waals surface area contributed by atoms with Crippen molar-refractivity contribution in [3.05, 3.63) is 0 Å². The third-order valence-electron chi connectivity index (χ3n) is 4.92. The Morgan fingerprint density at radius 2 is 1.52 bits per heavy atom. The van der Waals surface area contributed by atoms with E-state index in [0.29, 0.717) is 6.42 Å². The van der Waals surface area contributed by atoms with Crippen LogP contribution in [0, 0.1) is 0 Å². The largest absolute Gasteiger partial charge is 0.351 e. The Morgan fingerprint density at radius 3 is 2.13 bits per heavy atom. The van der Waals surface area contributed by atoms with Gasteiger partial charge in [0.25, 0.3) is 5.91 Å². The summed E-state index contributed by atoms with van der Waals surface area (Å²) in [5.41, 5.74) is 0. The highest BCUT2D eigenvalue weighted by molar-refractivity contribution is 8.15. The predicted molar refractivity (Wildman–Crippen MR) is 93.5 cm³/mol. The zero-order valence-electron chi connectivity index (χ0n) is 13.8. The van der Waals surface area contributed by atoms with Crippen molar-refractivity contribution in [3.63, 3.8) is 0 Å². The fourth-order valence-corrected chi connectivity index (χ4v) is 4.62. The molecule has 3 rings (SSSR count). The fourth-order valence-electron chi connectivity index (χ4n) is 3.51. The molecule has 1 unspecified atom stereocenters. The highest BCUT2D eigenvalue weighted by Crippen LogP contribution is 2.29. The molecule has 2 fully saturated rings. The van der Waals surface area contributed by atoms with Gasteiger partial charge in [0.2, 0.25) is 5.91 Å². The summed E-state index contributed by atoms with van der Waals surface area (Å²) < 4.78 is 0. The Morgan fingerprint density at radius 1 is 0.957 bits per heavy atom. The molecule has 2 saturated heterocycles. The van der Waals surface area contributed by atoms with Crippen LogP contribution in [0.3, 0.4) is 0 Å². The molecule has 3 aliphatic rings. The molecule has 0 aromatic heterocycles. The molecule has 23 heavy (non-hydrogen) atoms. The van der Waals surface area contributed by atoms with Crippen LogP contribution in [-0.4, -0.2) is 58.2 Å². The average Bonchev–Trinajstić information content (AvgIpc) is 2.83. The van der Waals surface area contributed by atoms with E-state index in [1.807, 2.05) is 4.90 Å². The molecule has 0 aliphatic carbocycles. The van der Waals surface area contributed by atoms with Gasteiger partial charge in [0, 0.05) is 32.6 Å². The van der Waals surface area contributed by atoms with E-state index in [1.54, 1.807) is 0 Å². The average molecular weight is 337 g/mol. The normalized spacial score (nSPS) is 26.7. The molecule has 0 N–H and O–H groups in total. The number of amides is 2. The Bertz CT molecular complexity index is 464. The number of amidine groups is 1.